The van der Waals surface area contributed by atoms with Gasteiger partial charge in [-0.1, -0.05) is 6.07 Å². The number of hydrogen-bond acceptors (Lipinski definition) is 5. The van der Waals surface area contributed by atoms with E-state index in [9.17, 15) is 13.6 Å². The molecule has 1 aliphatic rings. The van der Waals surface area contributed by atoms with Crippen LogP contribution in [0.2, 0.25) is 0 Å². The standard InChI is InChI=1S/C21H18F2N6O2/c22-21(23)31-16-4-2-14(3-5-16)26-20(30)19-17-7-12(1-6-18(17)27-28-19)13-8-25-29(11-13)15-9-24-10-15/h1-8,11,15,21,24H,9-10H2,(H,26,30)(H,27,28). The van der Waals surface area contributed by atoms with E-state index in [1.807, 2.05) is 35.3 Å². The minimum absolute atomic E-state index is 0.0149. The van der Waals surface area contributed by atoms with Crippen molar-refractivity contribution in [2.24, 2.45) is 0 Å². The summed E-state index contributed by atoms with van der Waals surface area (Å²) >= 11 is 0. The van der Waals surface area contributed by atoms with Crippen molar-refractivity contribution >= 4 is 22.5 Å². The quantitative estimate of drug-likeness (QED) is 0.441. The molecule has 0 spiro atoms. The molecule has 1 amide bonds. The van der Waals surface area contributed by atoms with E-state index in [0.29, 0.717) is 17.1 Å². The molecular weight excluding hydrogens is 406 g/mol. The number of hydrogen-bond donors (Lipinski definition) is 3. The largest absolute Gasteiger partial charge is 0.435 e. The monoisotopic (exact) mass is 424 g/mol. The van der Waals surface area contributed by atoms with Gasteiger partial charge in [0, 0.05) is 35.9 Å². The Morgan fingerprint density at radius 1 is 1.16 bits per heavy atom. The summed E-state index contributed by atoms with van der Waals surface area (Å²) in [4.78, 5) is 12.8. The number of anilines is 1. The molecule has 10 heteroatoms. The van der Waals surface area contributed by atoms with Crippen LogP contribution in [-0.2, 0) is 0 Å². The van der Waals surface area contributed by atoms with E-state index in [-0.39, 0.29) is 11.4 Å². The number of aromatic nitrogens is 4. The fraction of sp³-hybridized carbons (Fsp3) is 0.190. The number of benzene rings is 2. The molecule has 0 saturated carbocycles. The molecule has 158 valence electrons. The zero-order valence-corrected chi connectivity index (χ0v) is 16.2. The Balaban J connectivity index is 1.37. The van der Waals surface area contributed by atoms with Gasteiger partial charge in [0.25, 0.3) is 5.91 Å². The number of aromatic amines is 1. The maximum Gasteiger partial charge on any atom is 0.387 e. The van der Waals surface area contributed by atoms with Gasteiger partial charge >= 0.3 is 6.61 Å². The van der Waals surface area contributed by atoms with Crippen molar-refractivity contribution in [2.75, 3.05) is 18.4 Å². The third-order valence-corrected chi connectivity index (χ3v) is 5.18. The number of alkyl halides is 2. The summed E-state index contributed by atoms with van der Waals surface area (Å²) in [7, 11) is 0. The lowest BCUT2D eigenvalue weighted by molar-refractivity contribution is -0.0498. The van der Waals surface area contributed by atoms with E-state index >= 15 is 0 Å². The summed E-state index contributed by atoms with van der Waals surface area (Å²) in [6.45, 7) is -1.09. The van der Waals surface area contributed by atoms with Gasteiger partial charge in [0.1, 0.15) is 5.75 Å². The highest BCUT2D eigenvalue weighted by Crippen LogP contribution is 2.27. The first-order chi connectivity index (χ1) is 15.1. The van der Waals surface area contributed by atoms with E-state index in [2.05, 4.69) is 30.7 Å². The van der Waals surface area contributed by atoms with Crippen LogP contribution in [0.5, 0.6) is 5.75 Å². The van der Waals surface area contributed by atoms with E-state index in [4.69, 9.17) is 0 Å². The van der Waals surface area contributed by atoms with Crippen molar-refractivity contribution in [3.8, 4) is 16.9 Å². The molecule has 4 aromatic rings. The number of carbonyl (C=O) groups is 1. The second-order valence-electron chi connectivity index (χ2n) is 7.21. The highest BCUT2D eigenvalue weighted by atomic mass is 19.3. The molecular formula is C21H18F2N6O2. The predicted octanol–water partition coefficient (Wildman–Crippen LogP) is 3.42. The van der Waals surface area contributed by atoms with Crippen LogP contribution in [0.15, 0.2) is 54.9 Å². The number of carbonyl (C=O) groups excluding carboxylic acids is 1. The molecule has 3 heterocycles. The minimum atomic E-state index is -2.90. The Hall–Kier alpha value is -3.79. The van der Waals surface area contributed by atoms with Gasteiger partial charge in [0.15, 0.2) is 5.69 Å². The summed E-state index contributed by atoms with van der Waals surface area (Å²) in [5, 5.41) is 18.1. The first kappa shape index (κ1) is 19.2. The molecule has 0 bridgehead atoms. The van der Waals surface area contributed by atoms with E-state index in [1.54, 1.807) is 0 Å². The fourth-order valence-electron chi connectivity index (χ4n) is 3.42. The van der Waals surface area contributed by atoms with Crippen molar-refractivity contribution in [1.29, 1.82) is 0 Å². The molecule has 1 fully saturated rings. The highest BCUT2D eigenvalue weighted by Gasteiger charge is 2.20. The number of rotatable bonds is 6. The Morgan fingerprint density at radius 2 is 1.97 bits per heavy atom. The fourth-order valence-corrected chi connectivity index (χ4v) is 3.42. The summed E-state index contributed by atoms with van der Waals surface area (Å²) in [6.07, 6.45) is 3.80. The van der Waals surface area contributed by atoms with Crippen molar-refractivity contribution in [1.82, 2.24) is 25.3 Å². The third-order valence-electron chi connectivity index (χ3n) is 5.18. The van der Waals surface area contributed by atoms with Crippen LogP contribution >= 0.6 is 0 Å². The second-order valence-corrected chi connectivity index (χ2v) is 7.21. The molecule has 0 unspecified atom stereocenters. The lowest BCUT2D eigenvalue weighted by Gasteiger charge is -2.27. The lowest BCUT2D eigenvalue weighted by atomic mass is 10.1. The molecule has 1 aliphatic heterocycles. The number of ether oxygens (including phenoxy) is 1. The summed E-state index contributed by atoms with van der Waals surface area (Å²) in [5.41, 5.74) is 3.28. The molecule has 31 heavy (non-hydrogen) atoms. The van der Waals surface area contributed by atoms with E-state index in [0.717, 1.165) is 29.7 Å². The van der Waals surface area contributed by atoms with Gasteiger partial charge in [-0.2, -0.15) is 19.0 Å². The van der Waals surface area contributed by atoms with Crippen molar-refractivity contribution in [2.45, 2.75) is 12.7 Å². The van der Waals surface area contributed by atoms with Gasteiger partial charge in [0.2, 0.25) is 0 Å². The molecule has 3 N–H and O–H groups in total. The van der Waals surface area contributed by atoms with Gasteiger partial charge < -0.3 is 15.4 Å². The molecule has 0 radical (unpaired) electrons. The number of nitrogens with zero attached hydrogens (tertiary/aromatic N) is 3. The highest BCUT2D eigenvalue weighted by molar-refractivity contribution is 6.11. The van der Waals surface area contributed by atoms with Crippen LogP contribution in [0.25, 0.3) is 22.0 Å². The average Bonchev–Trinajstić information content (AvgIpc) is 3.34. The molecule has 0 atom stereocenters. The number of H-pyrrole nitrogens is 1. The van der Waals surface area contributed by atoms with Gasteiger partial charge in [0.05, 0.1) is 17.8 Å². The second kappa shape index (κ2) is 7.80. The maximum absolute atomic E-state index is 12.8. The van der Waals surface area contributed by atoms with Crippen LogP contribution in [0.1, 0.15) is 16.5 Å². The first-order valence-electron chi connectivity index (χ1n) is 9.66. The van der Waals surface area contributed by atoms with E-state index < -0.39 is 12.5 Å². The van der Waals surface area contributed by atoms with Crippen LogP contribution in [-0.4, -0.2) is 45.6 Å². The van der Waals surface area contributed by atoms with Gasteiger partial charge in [-0.25, -0.2) is 0 Å². The molecule has 1 saturated heterocycles. The maximum atomic E-state index is 12.8. The lowest BCUT2D eigenvalue weighted by Crippen LogP contribution is -2.43. The zero-order valence-electron chi connectivity index (χ0n) is 16.2. The van der Waals surface area contributed by atoms with Crippen LogP contribution < -0.4 is 15.4 Å². The molecule has 8 nitrogen and oxygen atoms in total. The van der Waals surface area contributed by atoms with Crippen molar-refractivity contribution < 1.29 is 18.3 Å². The predicted molar refractivity (Wildman–Crippen MR) is 110 cm³/mol. The average molecular weight is 424 g/mol. The number of nitrogens with one attached hydrogen (secondary N) is 3. The summed E-state index contributed by atoms with van der Waals surface area (Å²) in [5.74, 6) is -0.400. The van der Waals surface area contributed by atoms with E-state index in [1.165, 1.54) is 24.3 Å². The van der Waals surface area contributed by atoms with Gasteiger partial charge in [-0.3, -0.25) is 14.6 Å². The SMILES string of the molecule is O=C(Nc1ccc(OC(F)F)cc1)c1n[nH]c2ccc(-c3cnn(C4CNC4)c3)cc12. The summed E-state index contributed by atoms with van der Waals surface area (Å²) in [6, 6.07) is 11.8. The first-order valence-corrected chi connectivity index (χ1v) is 9.66. The normalized spacial score (nSPS) is 14.0. The van der Waals surface area contributed by atoms with Crippen molar-refractivity contribution in [3.05, 3.63) is 60.6 Å². The Labute approximate surface area is 175 Å². The Morgan fingerprint density at radius 3 is 2.68 bits per heavy atom. The molecule has 2 aromatic heterocycles. The zero-order chi connectivity index (χ0) is 21.4. The third kappa shape index (κ3) is 3.84. The van der Waals surface area contributed by atoms with Crippen LogP contribution in [0.4, 0.5) is 14.5 Å². The van der Waals surface area contributed by atoms with Crippen LogP contribution in [0.3, 0.4) is 0 Å². The number of amides is 1. The number of fused-ring (bicyclic) bond motifs is 1. The Kier molecular flexibility index (Phi) is 4.83. The number of halogens is 2. The minimum Gasteiger partial charge on any atom is -0.435 e. The Bertz CT molecular complexity index is 1230. The summed E-state index contributed by atoms with van der Waals surface area (Å²) < 4.78 is 30.8. The molecule has 5 rings (SSSR count). The van der Waals surface area contributed by atoms with Crippen LogP contribution in [0, 0.1) is 0 Å². The smallest absolute Gasteiger partial charge is 0.387 e. The van der Waals surface area contributed by atoms with Crippen molar-refractivity contribution in [3.63, 3.8) is 0 Å². The van der Waals surface area contributed by atoms with Gasteiger partial charge in [-0.05, 0) is 42.0 Å². The molecule has 2 aromatic carbocycles. The topological polar surface area (TPSA) is 96.9 Å². The molecule has 0 aliphatic carbocycles. The van der Waals surface area contributed by atoms with Gasteiger partial charge in [-0.15, -0.1) is 0 Å².